The molecule has 2 rings (SSSR count). The number of anilines is 1. The molecule has 1 aliphatic rings. The van der Waals surface area contributed by atoms with Crippen molar-refractivity contribution in [3.63, 3.8) is 0 Å². The molecule has 0 aliphatic carbocycles. The van der Waals surface area contributed by atoms with E-state index in [0.717, 1.165) is 55.9 Å². The fourth-order valence-electron chi connectivity index (χ4n) is 3.32. The number of piperidine rings is 1. The molecule has 0 saturated carbocycles. The van der Waals surface area contributed by atoms with E-state index in [1.165, 1.54) is 0 Å². The topological polar surface area (TPSA) is 35.5 Å². The van der Waals surface area contributed by atoms with Gasteiger partial charge in [0.15, 0.2) is 0 Å². The average molecular weight is 339 g/mol. The predicted octanol–water partition coefficient (Wildman–Crippen LogP) is 4.23. The summed E-state index contributed by atoms with van der Waals surface area (Å²) in [5.74, 6) is 0. The zero-order chi connectivity index (χ0) is 16.9. The van der Waals surface area contributed by atoms with Crippen LogP contribution in [0.2, 0.25) is 5.02 Å². The van der Waals surface area contributed by atoms with Gasteiger partial charge in [0, 0.05) is 25.2 Å². The van der Waals surface area contributed by atoms with Crippen molar-refractivity contribution in [1.82, 2.24) is 5.32 Å². The van der Waals surface area contributed by atoms with E-state index in [1.54, 1.807) is 0 Å². The van der Waals surface area contributed by atoms with Gasteiger partial charge in [-0.15, -0.1) is 0 Å². The van der Waals surface area contributed by atoms with Crippen LogP contribution in [0.3, 0.4) is 0 Å². The molecule has 1 saturated heterocycles. The van der Waals surface area contributed by atoms with E-state index in [0.29, 0.717) is 12.1 Å². The Bertz CT molecular complexity index is 479. The Hall–Kier alpha value is -0.770. The third kappa shape index (κ3) is 6.33. The molecule has 0 amide bonds. The Kier molecular flexibility index (Phi) is 6.75. The van der Waals surface area contributed by atoms with Crippen molar-refractivity contribution in [2.75, 3.05) is 18.0 Å². The smallest absolute Gasteiger partial charge is 0.0639 e. The molecule has 1 heterocycles. The normalized spacial score (nSPS) is 18.2. The Labute approximate surface area is 146 Å². The van der Waals surface area contributed by atoms with Gasteiger partial charge in [-0.25, -0.2) is 0 Å². The number of hydrogen-bond acceptors (Lipinski definition) is 3. The van der Waals surface area contributed by atoms with Crippen molar-refractivity contribution in [3.8, 4) is 0 Å². The van der Waals surface area contributed by atoms with Gasteiger partial charge in [0.05, 0.1) is 16.3 Å². The van der Waals surface area contributed by atoms with E-state index in [9.17, 15) is 5.11 Å². The zero-order valence-electron chi connectivity index (χ0n) is 14.7. The monoisotopic (exact) mass is 338 g/mol. The lowest BCUT2D eigenvalue weighted by molar-refractivity contribution is 0.0673. The summed E-state index contributed by atoms with van der Waals surface area (Å²) >= 11 is 6.29. The molecular formula is C19H31ClN2O. The van der Waals surface area contributed by atoms with Crippen molar-refractivity contribution < 1.29 is 5.11 Å². The van der Waals surface area contributed by atoms with E-state index in [4.69, 9.17) is 11.6 Å². The Morgan fingerprint density at radius 2 is 1.96 bits per heavy atom. The van der Waals surface area contributed by atoms with Crippen LogP contribution in [0.1, 0.15) is 52.9 Å². The average Bonchev–Trinajstić information content (AvgIpc) is 2.47. The van der Waals surface area contributed by atoms with Gasteiger partial charge in [0.1, 0.15) is 0 Å². The molecule has 1 fully saturated rings. The molecule has 0 spiro atoms. The second kappa shape index (κ2) is 8.36. The molecular weight excluding hydrogens is 308 g/mol. The SMILES string of the molecule is C[C@H](CCCC(C)(C)O)NC1CCN(c2ccccc2Cl)CC1. The third-order valence-corrected chi connectivity index (χ3v) is 4.95. The highest BCUT2D eigenvalue weighted by molar-refractivity contribution is 6.33. The van der Waals surface area contributed by atoms with Crippen LogP contribution in [0.5, 0.6) is 0 Å². The fourth-order valence-corrected chi connectivity index (χ4v) is 3.58. The van der Waals surface area contributed by atoms with Crippen molar-refractivity contribution in [1.29, 1.82) is 0 Å². The first kappa shape index (κ1) is 18.6. The van der Waals surface area contributed by atoms with Crippen LogP contribution in [0, 0.1) is 0 Å². The molecule has 0 radical (unpaired) electrons. The van der Waals surface area contributed by atoms with Crippen LogP contribution in [-0.2, 0) is 0 Å². The maximum atomic E-state index is 9.78. The van der Waals surface area contributed by atoms with Crippen LogP contribution in [0.4, 0.5) is 5.69 Å². The highest BCUT2D eigenvalue weighted by Crippen LogP contribution is 2.28. The lowest BCUT2D eigenvalue weighted by atomic mass is 9.98. The van der Waals surface area contributed by atoms with Crippen molar-refractivity contribution in [2.45, 2.75) is 70.6 Å². The number of nitrogens with zero attached hydrogens (tertiary/aromatic N) is 1. The molecule has 1 atom stereocenters. The highest BCUT2D eigenvalue weighted by atomic mass is 35.5. The quantitative estimate of drug-likeness (QED) is 0.781. The zero-order valence-corrected chi connectivity index (χ0v) is 15.4. The first-order valence-corrected chi connectivity index (χ1v) is 9.21. The minimum absolute atomic E-state index is 0.509. The van der Waals surface area contributed by atoms with Crippen molar-refractivity contribution >= 4 is 17.3 Å². The largest absolute Gasteiger partial charge is 0.390 e. The Morgan fingerprint density at radius 1 is 1.30 bits per heavy atom. The van der Waals surface area contributed by atoms with Crippen LogP contribution < -0.4 is 10.2 Å². The maximum absolute atomic E-state index is 9.78. The number of rotatable bonds is 7. The van der Waals surface area contributed by atoms with Gasteiger partial charge in [-0.1, -0.05) is 23.7 Å². The molecule has 2 N–H and O–H groups in total. The molecule has 4 heteroatoms. The van der Waals surface area contributed by atoms with Crippen molar-refractivity contribution in [3.05, 3.63) is 29.3 Å². The van der Waals surface area contributed by atoms with Gasteiger partial charge in [0.2, 0.25) is 0 Å². The summed E-state index contributed by atoms with van der Waals surface area (Å²) in [5, 5.41) is 14.4. The van der Waals surface area contributed by atoms with Crippen LogP contribution in [-0.4, -0.2) is 35.9 Å². The summed E-state index contributed by atoms with van der Waals surface area (Å²) in [5.41, 5.74) is 0.617. The number of benzene rings is 1. The third-order valence-electron chi connectivity index (χ3n) is 4.63. The fraction of sp³-hybridized carbons (Fsp3) is 0.684. The van der Waals surface area contributed by atoms with Crippen LogP contribution in [0.25, 0.3) is 0 Å². The summed E-state index contributed by atoms with van der Waals surface area (Å²) in [4.78, 5) is 2.39. The number of hydrogen-bond donors (Lipinski definition) is 2. The predicted molar refractivity (Wildman–Crippen MR) is 99.4 cm³/mol. The van der Waals surface area contributed by atoms with Gasteiger partial charge in [-0.05, 0) is 65.0 Å². The van der Waals surface area contributed by atoms with Crippen molar-refractivity contribution in [2.24, 2.45) is 0 Å². The summed E-state index contributed by atoms with van der Waals surface area (Å²) in [7, 11) is 0. The number of nitrogens with one attached hydrogen (secondary N) is 1. The van der Waals surface area contributed by atoms with Crippen LogP contribution >= 0.6 is 11.6 Å². The molecule has 0 aromatic heterocycles. The number of para-hydroxylation sites is 1. The van der Waals surface area contributed by atoms with E-state index < -0.39 is 5.60 Å². The van der Waals surface area contributed by atoms with Crippen LogP contribution in [0.15, 0.2) is 24.3 Å². The van der Waals surface area contributed by atoms with Gasteiger partial charge in [-0.3, -0.25) is 0 Å². The molecule has 0 bridgehead atoms. The van der Waals surface area contributed by atoms with Gasteiger partial charge in [0.25, 0.3) is 0 Å². The lowest BCUT2D eigenvalue weighted by Gasteiger charge is -2.35. The number of aliphatic hydroxyl groups is 1. The Morgan fingerprint density at radius 3 is 2.57 bits per heavy atom. The summed E-state index contributed by atoms with van der Waals surface area (Å²) in [6.07, 6.45) is 5.36. The van der Waals surface area contributed by atoms with Gasteiger partial charge in [-0.2, -0.15) is 0 Å². The van der Waals surface area contributed by atoms with E-state index in [1.807, 2.05) is 26.0 Å². The highest BCUT2D eigenvalue weighted by Gasteiger charge is 2.22. The van der Waals surface area contributed by atoms with Gasteiger partial charge >= 0.3 is 0 Å². The second-order valence-electron chi connectivity index (χ2n) is 7.49. The van der Waals surface area contributed by atoms with Gasteiger partial charge < -0.3 is 15.3 Å². The Balaban J connectivity index is 1.71. The summed E-state index contributed by atoms with van der Waals surface area (Å²) in [6, 6.07) is 9.20. The summed E-state index contributed by atoms with van der Waals surface area (Å²) < 4.78 is 0. The molecule has 1 aromatic carbocycles. The van der Waals surface area contributed by atoms with E-state index >= 15 is 0 Å². The molecule has 3 nitrogen and oxygen atoms in total. The van der Waals surface area contributed by atoms with E-state index in [-0.39, 0.29) is 0 Å². The molecule has 0 unspecified atom stereocenters. The molecule has 130 valence electrons. The number of halogens is 1. The minimum atomic E-state index is -0.542. The molecule has 23 heavy (non-hydrogen) atoms. The molecule has 1 aliphatic heterocycles. The maximum Gasteiger partial charge on any atom is 0.0639 e. The summed E-state index contributed by atoms with van der Waals surface area (Å²) in [6.45, 7) is 8.13. The first-order chi connectivity index (χ1) is 10.8. The lowest BCUT2D eigenvalue weighted by Crippen LogP contribution is -2.45. The second-order valence-corrected chi connectivity index (χ2v) is 7.89. The standard InChI is InChI=1S/C19H31ClN2O/c1-15(7-6-12-19(2,3)23)21-16-10-13-22(14-11-16)18-9-5-4-8-17(18)20/h4-5,8-9,15-16,21,23H,6-7,10-14H2,1-3H3/t15-/m1/s1. The first-order valence-electron chi connectivity index (χ1n) is 8.83. The van der Waals surface area contributed by atoms with E-state index in [2.05, 4.69) is 29.3 Å². The molecule has 1 aromatic rings. The minimum Gasteiger partial charge on any atom is -0.390 e.